The Morgan fingerprint density at radius 2 is 1.65 bits per heavy atom. The van der Waals surface area contributed by atoms with Gasteiger partial charge in [-0.2, -0.15) is 5.10 Å². The fraction of sp³-hybridized carbons (Fsp3) is 0.432. The molecule has 0 spiro atoms. The normalized spacial score (nSPS) is 23.7. The van der Waals surface area contributed by atoms with Crippen LogP contribution < -0.4 is 16.0 Å². The molecular formula is C37H42N8O3. The quantitative estimate of drug-likeness (QED) is 0.251. The maximum Gasteiger partial charge on any atom is 0.249 e. The number of likely N-dealkylation sites (tertiary alicyclic amines) is 1. The van der Waals surface area contributed by atoms with Crippen molar-refractivity contribution in [2.45, 2.75) is 81.8 Å². The van der Waals surface area contributed by atoms with Gasteiger partial charge in [0.2, 0.25) is 11.8 Å². The van der Waals surface area contributed by atoms with Crippen LogP contribution in [-0.4, -0.2) is 73.5 Å². The molecule has 1 atom stereocenters. The average molecular weight is 647 g/mol. The lowest BCUT2D eigenvalue weighted by Crippen LogP contribution is -2.52. The Hall–Kier alpha value is -4.77. The summed E-state index contributed by atoms with van der Waals surface area (Å²) in [6.45, 7) is 2.97. The number of nitrogens with zero attached hydrogens (tertiary/aromatic N) is 6. The van der Waals surface area contributed by atoms with E-state index in [9.17, 15) is 14.7 Å². The summed E-state index contributed by atoms with van der Waals surface area (Å²) < 4.78 is 2.08. The number of nitrogens with two attached hydrogens (primary N) is 1. The lowest BCUT2D eigenvalue weighted by atomic mass is 9.79. The minimum atomic E-state index is -0.250. The molecule has 1 aliphatic carbocycles. The van der Waals surface area contributed by atoms with Gasteiger partial charge in [0.05, 0.1) is 17.9 Å². The molecule has 3 fully saturated rings. The highest BCUT2D eigenvalue weighted by molar-refractivity contribution is 6.02. The third kappa shape index (κ3) is 5.70. The molecule has 2 aromatic carbocycles. The summed E-state index contributed by atoms with van der Waals surface area (Å²) in [7, 11) is 0. The number of rotatable bonds is 6. The van der Waals surface area contributed by atoms with Gasteiger partial charge in [0, 0.05) is 60.7 Å². The number of para-hydroxylation sites is 1. The monoisotopic (exact) mass is 646 g/mol. The summed E-state index contributed by atoms with van der Waals surface area (Å²) in [6.07, 6.45) is 12.8. The van der Waals surface area contributed by atoms with E-state index in [1.165, 1.54) is 42.5 Å². The molecular weight excluding hydrogens is 604 g/mol. The summed E-state index contributed by atoms with van der Waals surface area (Å²) in [6, 6.07) is 16.3. The number of phenolic OH excluding ortho intramolecular Hbond substituents is 1. The van der Waals surface area contributed by atoms with Crippen molar-refractivity contribution < 1.29 is 14.7 Å². The number of hydrogen-bond acceptors (Lipinski definition) is 9. The van der Waals surface area contributed by atoms with Crippen molar-refractivity contribution in [1.82, 2.24) is 30.2 Å². The largest absolute Gasteiger partial charge is 0.507 e. The number of anilines is 2. The number of carbonyl (C=O) groups excluding carboxylic acids is 2. The molecule has 1 saturated carbocycles. The van der Waals surface area contributed by atoms with Crippen LogP contribution in [-0.2, 0) is 16.0 Å². The molecule has 248 valence electrons. The van der Waals surface area contributed by atoms with Gasteiger partial charge in [0.25, 0.3) is 0 Å². The molecule has 5 heterocycles. The Morgan fingerprint density at radius 3 is 2.44 bits per heavy atom. The maximum absolute atomic E-state index is 12.6. The number of amides is 2. The zero-order valence-electron chi connectivity index (χ0n) is 27.1. The van der Waals surface area contributed by atoms with Gasteiger partial charge in [-0.05, 0) is 92.7 Å². The molecule has 0 radical (unpaired) electrons. The number of fused-ring (bicyclic) bond motifs is 1. The first-order valence-corrected chi connectivity index (χ1v) is 17.3. The number of aromatic hydroxyl groups is 1. The Bertz CT molecular complexity index is 1840. The zero-order chi connectivity index (χ0) is 32.8. The fourth-order valence-electron chi connectivity index (χ4n) is 8.57. The Labute approximate surface area is 280 Å². The van der Waals surface area contributed by atoms with Crippen LogP contribution in [0.5, 0.6) is 5.75 Å². The maximum atomic E-state index is 12.6. The van der Waals surface area contributed by atoms with E-state index in [1.54, 1.807) is 12.1 Å². The van der Waals surface area contributed by atoms with Gasteiger partial charge in [-0.1, -0.05) is 24.3 Å². The van der Waals surface area contributed by atoms with Gasteiger partial charge in [0.1, 0.15) is 11.8 Å². The van der Waals surface area contributed by atoms with Crippen molar-refractivity contribution in [3.63, 3.8) is 0 Å². The van der Waals surface area contributed by atoms with E-state index in [4.69, 9.17) is 10.8 Å². The number of nitrogens with one attached hydrogen (secondary N) is 1. The summed E-state index contributed by atoms with van der Waals surface area (Å²) >= 11 is 0. The molecule has 11 nitrogen and oxygen atoms in total. The third-order valence-electron chi connectivity index (χ3n) is 11.1. The topological polar surface area (TPSA) is 142 Å². The lowest BCUT2D eigenvalue weighted by molar-refractivity contribution is -0.134. The Morgan fingerprint density at radius 1 is 0.833 bits per heavy atom. The van der Waals surface area contributed by atoms with Crippen molar-refractivity contribution >= 4 is 23.3 Å². The molecule has 4 aromatic rings. The smallest absolute Gasteiger partial charge is 0.249 e. The van der Waals surface area contributed by atoms with Crippen LogP contribution in [0.2, 0.25) is 0 Å². The van der Waals surface area contributed by atoms with Gasteiger partial charge < -0.3 is 20.6 Å². The second-order valence-electron chi connectivity index (χ2n) is 13.8. The molecule has 0 unspecified atom stereocenters. The molecule has 4 aliphatic rings. The lowest BCUT2D eigenvalue weighted by Gasteiger charge is -2.41. The second-order valence-corrected chi connectivity index (χ2v) is 13.8. The Balaban J connectivity index is 0.876. The van der Waals surface area contributed by atoms with E-state index in [0.29, 0.717) is 47.9 Å². The van der Waals surface area contributed by atoms with Crippen LogP contribution >= 0.6 is 0 Å². The van der Waals surface area contributed by atoms with Gasteiger partial charge in [0.15, 0.2) is 5.82 Å². The first-order valence-electron chi connectivity index (χ1n) is 17.3. The average Bonchev–Trinajstić information content (AvgIpc) is 3.78. The van der Waals surface area contributed by atoms with Crippen LogP contribution in [0.25, 0.3) is 22.4 Å². The minimum Gasteiger partial charge on any atom is -0.507 e. The number of phenols is 1. The number of carbonyl (C=O) groups is 2. The summed E-state index contributed by atoms with van der Waals surface area (Å²) in [4.78, 5) is 29.2. The summed E-state index contributed by atoms with van der Waals surface area (Å²) in [5.41, 5.74) is 13.1. The molecule has 2 amide bonds. The zero-order valence-corrected chi connectivity index (χ0v) is 27.1. The molecule has 3 aliphatic heterocycles. The van der Waals surface area contributed by atoms with E-state index in [-0.39, 0.29) is 23.6 Å². The highest BCUT2D eigenvalue weighted by Gasteiger charge is 2.37. The number of aromatic nitrogens is 4. The first-order chi connectivity index (χ1) is 23.4. The van der Waals surface area contributed by atoms with Gasteiger partial charge in [-0.25, -0.2) is 0 Å². The van der Waals surface area contributed by atoms with Crippen LogP contribution in [0.3, 0.4) is 0 Å². The highest BCUT2D eigenvalue weighted by Crippen LogP contribution is 2.43. The molecule has 11 heteroatoms. The van der Waals surface area contributed by atoms with Gasteiger partial charge >= 0.3 is 0 Å². The SMILES string of the molecule is Nc1nnc(-c2ccccc2O)cc1-c1cnn(C2CCN(C3CCC(c4cccc5c4CCN5[C@H]4CCC(=O)NC4=O)CC3)CC2)c1. The summed E-state index contributed by atoms with van der Waals surface area (Å²) in [5.74, 6) is 0.731. The van der Waals surface area contributed by atoms with Crippen LogP contribution in [0, 0.1) is 0 Å². The second kappa shape index (κ2) is 12.7. The van der Waals surface area contributed by atoms with Crippen molar-refractivity contribution in [3.8, 4) is 28.1 Å². The van der Waals surface area contributed by atoms with Crippen molar-refractivity contribution in [3.05, 3.63) is 72.1 Å². The van der Waals surface area contributed by atoms with Crippen LogP contribution in [0.15, 0.2) is 60.9 Å². The van der Waals surface area contributed by atoms with Crippen molar-refractivity contribution in [2.75, 3.05) is 30.3 Å². The first kappa shape index (κ1) is 30.6. The number of piperidine rings is 2. The van der Waals surface area contributed by atoms with E-state index in [0.717, 1.165) is 50.0 Å². The predicted octanol–water partition coefficient (Wildman–Crippen LogP) is 4.83. The standard InChI is InChI=1S/C37H42N8O3/c38-36-30(20-31(41-42-36)29-4-1-2-7-34(29)46)24-21-39-45(22-24)26-14-17-43(18-15-26)25-10-8-23(9-11-25)27-5-3-6-32-28(27)16-19-44(32)33-12-13-35(47)40-37(33)48/h1-7,20-23,25-26,33,46H,8-19H2,(H2,38,42)(H,40,47,48)/t23?,25?,33-/m0/s1. The van der Waals surface area contributed by atoms with Gasteiger partial charge in [-0.15, -0.1) is 10.2 Å². The van der Waals surface area contributed by atoms with E-state index in [1.807, 2.05) is 24.4 Å². The molecule has 8 rings (SSSR count). The van der Waals surface area contributed by atoms with Gasteiger partial charge in [-0.3, -0.25) is 19.6 Å². The molecule has 48 heavy (non-hydrogen) atoms. The summed E-state index contributed by atoms with van der Waals surface area (Å²) in [5, 5.41) is 26.0. The van der Waals surface area contributed by atoms with E-state index < -0.39 is 0 Å². The van der Waals surface area contributed by atoms with E-state index >= 15 is 0 Å². The highest BCUT2D eigenvalue weighted by atomic mass is 16.3. The molecule has 2 saturated heterocycles. The predicted molar refractivity (Wildman–Crippen MR) is 183 cm³/mol. The molecule has 0 bridgehead atoms. The van der Waals surface area contributed by atoms with Crippen LogP contribution in [0.4, 0.5) is 11.5 Å². The van der Waals surface area contributed by atoms with E-state index in [2.05, 4.69) is 54.4 Å². The number of hydrogen-bond donors (Lipinski definition) is 3. The van der Waals surface area contributed by atoms with Crippen molar-refractivity contribution in [2.24, 2.45) is 0 Å². The minimum absolute atomic E-state index is 0.153. The number of nitrogen functional groups attached to an aromatic ring is 1. The fourth-order valence-corrected chi connectivity index (χ4v) is 8.57. The Kier molecular flexibility index (Phi) is 8.07. The molecule has 2 aromatic heterocycles. The van der Waals surface area contributed by atoms with Crippen molar-refractivity contribution in [1.29, 1.82) is 0 Å². The molecule has 4 N–H and O–H groups in total. The number of benzene rings is 2. The number of imide groups is 1. The van der Waals surface area contributed by atoms with Crippen LogP contribution in [0.1, 0.15) is 74.5 Å². The third-order valence-corrected chi connectivity index (χ3v) is 11.1.